The van der Waals surface area contributed by atoms with Gasteiger partial charge >= 0.3 is 6.01 Å². The monoisotopic (exact) mass is 604 g/mol. The van der Waals surface area contributed by atoms with E-state index in [-0.39, 0.29) is 71.1 Å². The number of phenols is 1. The van der Waals surface area contributed by atoms with Crippen molar-refractivity contribution in [3.63, 3.8) is 0 Å². The van der Waals surface area contributed by atoms with Crippen molar-refractivity contribution in [2.45, 2.75) is 61.9 Å². The van der Waals surface area contributed by atoms with E-state index in [0.29, 0.717) is 36.1 Å². The Kier molecular flexibility index (Phi) is 5.75. The highest BCUT2D eigenvalue weighted by atomic mass is 19.1. The summed E-state index contributed by atoms with van der Waals surface area (Å²) in [6, 6.07) is 7.54. The number of alkyl halides is 1. The molecule has 228 valence electrons. The third-order valence-corrected chi connectivity index (χ3v) is 10.3. The van der Waals surface area contributed by atoms with Crippen LogP contribution < -0.4 is 19.7 Å². The second-order valence-electron chi connectivity index (χ2n) is 12.9. The zero-order chi connectivity index (χ0) is 29.7. The van der Waals surface area contributed by atoms with Gasteiger partial charge in [-0.05, 0) is 55.8 Å². The number of nitrogens with zero attached hydrogens (tertiary/aromatic N) is 5. The van der Waals surface area contributed by atoms with Gasteiger partial charge in [0, 0.05) is 42.5 Å². The van der Waals surface area contributed by atoms with Gasteiger partial charge in [-0.1, -0.05) is 12.1 Å². The Hall–Kier alpha value is -3.90. The number of anilines is 1. The summed E-state index contributed by atoms with van der Waals surface area (Å²) in [5, 5.41) is 15.0. The normalized spacial score (nSPS) is 29.1. The summed E-state index contributed by atoms with van der Waals surface area (Å²) in [5.41, 5.74) is -0.593. The minimum atomic E-state index is -0.915. The Balaban J connectivity index is 1.23. The van der Waals surface area contributed by atoms with Crippen LogP contribution in [0.25, 0.3) is 32.9 Å². The molecule has 0 unspecified atom stereocenters. The van der Waals surface area contributed by atoms with Gasteiger partial charge in [-0.25, -0.2) is 18.2 Å². The van der Waals surface area contributed by atoms with Crippen molar-refractivity contribution in [3.05, 3.63) is 42.0 Å². The number of phenolic OH excluding ortho intramolecular Hbond substituents is 1. The topological polar surface area (TPSA) is 95.9 Å². The van der Waals surface area contributed by atoms with Gasteiger partial charge in [-0.3, -0.25) is 4.90 Å². The highest BCUT2D eigenvalue weighted by Crippen LogP contribution is 2.45. The lowest BCUT2D eigenvalue weighted by atomic mass is 9.95. The smallest absolute Gasteiger partial charge is 0.319 e. The number of aromatic hydroxyl groups is 1. The molecule has 5 aliphatic rings. The zero-order valence-corrected chi connectivity index (χ0v) is 23.9. The van der Waals surface area contributed by atoms with Crippen molar-refractivity contribution in [2.24, 2.45) is 0 Å². The number of fused-ring (bicyclic) bond motifs is 7. The number of rotatable bonds is 4. The van der Waals surface area contributed by atoms with Gasteiger partial charge in [0.2, 0.25) is 5.88 Å². The van der Waals surface area contributed by atoms with Crippen molar-refractivity contribution in [3.8, 4) is 28.9 Å². The average molecular weight is 605 g/mol. The molecule has 5 atom stereocenters. The van der Waals surface area contributed by atoms with Crippen LogP contribution in [0, 0.1) is 11.6 Å². The number of halogens is 3. The molecule has 0 radical (unpaired) electrons. The molecule has 2 bridgehead atoms. The summed E-state index contributed by atoms with van der Waals surface area (Å²) < 4.78 is 59.1. The van der Waals surface area contributed by atoms with Crippen LogP contribution >= 0.6 is 0 Å². The number of nitrogens with one attached hydrogen (secondary N) is 1. The van der Waals surface area contributed by atoms with Crippen LogP contribution in [0.1, 0.15) is 32.1 Å². The Morgan fingerprint density at radius 2 is 2.02 bits per heavy atom. The first-order chi connectivity index (χ1) is 21.4. The summed E-state index contributed by atoms with van der Waals surface area (Å²) in [4.78, 5) is 18.3. The maximum Gasteiger partial charge on any atom is 0.319 e. The SMILES string of the molecule is Oc1cc(-c2nc3c4c(nc(OC[C@@]56CCCN5C[C@H](F)C6)nc4c2F)N2C[C@@H]4CC[C@@H](N4)[C@@H]2CO3)c2c(F)cccc2c1. The fourth-order valence-corrected chi connectivity index (χ4v) is 8.36. The molecule has 0 saturated carbocycles. The largest absolute Gasteiger partial charge is 0.508 e. The van der Waals surface area contributed by atoms with Crippen LogP contribution in [0.5, 0.6) is 17.6 Å². The lowest BCUT2D eigenvalue weighted by molar-refractivity contribution is 0.107. The Labute approximate surface area is 251 Å². The third-order valence-electron chi connectivity index (χ3n) is 10.3. The number of benzene rings is 2. The van der Waals surface area contributed by atoms with Crippen LogP contribution in [0.3, 0.4) is 0 Å². The summed E-state index contributed by atoms with van der Waals surface area (Å²) >= 11 is 0. The van der Waals surface area contributed by atoms with Gasteiger partial charge in [-0.2, -0.15) is 9.97 Å². The van der Waals surface area contributed by atoms with Gasteiger partial charge in [-0.15, -0.1) is 0 Å². The molecule has 0 spiro atoms. The lowest BCUT2D eigenvalue weighted by Gasteiger charge is -2.40. The zero-order valence-electron chi connectivity index (χ0n) is 23.9. The molecule has 0 amide bonds. The van der Waals surface area contributed by atoms with Crippen molar-refractivity contribution in [1.82, 2.24) is 25.2 Å². The van der Waals surface area contributed by atoms with Crippen LogP contribution in [-0.2, 0) is 0 Å². The predicted octanol–water partition coefficient (Wildman–Crippen LogP) is 4.49. The van der Waals surface area contributed by atoms with Crippen molar-refractivity contribution in [1.29, 1.82) is 0 Å². The molecule has 2 aromatic carbocycles. The van der Waals surface area contributed by atoms with Gasteiger partial charge in [0.25, 0.3) is 0 Å². The molecule has 12 heteroatoms. The maximum absolute atomic E-state index is 16.8. The van der Waals surface area contributed by atoms with Crippen LogP contribution in [-0.4, -0.2) is 87.6 Å². The van der Waals surface area contributed by atoms with E-state index in [1.807, 2.05) is 0 Å². The number of ether oxygens (including phenoxy) is 2. The molecule has 9 nitrogen and oxygen atoms in total. The van der Waals surface area contributed by atoms with E-state index < -0.39 is 23.3 Å². The van der Waals surface area contributed by atoms with E-state index in [9.17, 15) is 9.50 Å². The quantitative estimate of drug-likeness (QED) is 0.350. The molecule has 4 saturated heterocycles. The second-order valence-corrected chi connectivity index (χ2v) is 12.9. The average Bonchev–Trinajstić information content (AvgIpc) is 3.64. The minimum absolute atomic E-state index is 0.00323. The Morgan fingerprint density at radius 1 is 1.11 bits per heavy atom. The van der Waals surface area contributed by atoms with Crippen molar-refractivity contribution < 1.29 is 27.8 Å². The van der Waals surface area contributed by atoms with Gasteiger partial charge < -0.3 is 24.8 Å². The van der Waals surface area contributed by atoms with Crippen LogP contribution in [0.4, 0.5) is 19.0 Å². The number of piperazine rings is 1. The molecule has 0 aliphatic carbocycles. The first-order valence-electron chi connectivity index (χ1n) is 15.4. The first kappa shape index (κ1) is 26.5. The molecule has 7 heterocycles. The molecular weight excluding hydrogens is 573 g/mol. The lowest BCUT2D eigenvalue weighted by Crippen LogP contribution is -2.60. The summed E-state index contributed by atoms with van der Waals surface area (Å²) in [6.07, 6.45) is 3.24. The molecule has 44 heavy (non-hydrogen) atoms. The third kappa shape index (κ3) is 3.89. The number of pyridine rings is 1. The Morgan fingerprint density at radius 3 is 2.93 bits per heavy atom. The van der Waals surface area contributed by atoms with E-state index in [1.165, 1.54) is 24.3 Å². The van der Waals surface area contributed by atoms with E-state index >= 15 is 8.78 Å². The molecular formula is C32H31F3N6O3. The standard InChI is InChI=1S/C32H31F3N6O3/c33-17-11-32(7-2-8-40(32)12-17)15-44-31-38-28-25-29(39-31)41-13-18-5-6-22(36-18)23(41)14-43-30(25)37-27(26(28)35)20-10-19(42)9-16-3-1-4-21(34)24(16)20/h1,3-4,9-10,17-18,22-23,36,42H,2,5-8,11-15H2/t17-,18+,22-,23+,32+/m1/s1. The van der Waals surface area contributed by atoms with E-state index in [1.54, 1.807) is 6.07 Å². The van der Waals surface area contributed by atoms with Gasteiger partial charge in [0.1, 0.15) is 53.4 Å². The van der Waals surface area contributed by atoms with Crippen LogP contribution in [0.2, 0.25) is 0 Å². The Bertz CT molecular complexity index is 1840. The van der Waals surface area contributed by atoms with E-state index in [4.69, 9.17) is 14.5 Å². The predicted molar refractivity (Wildman–Crippen MR) is 157 cm³/mol. The van der Waals surface area contributed by atoms with E-state index in [2.05, 4.69) is 25.1 Å². The van der Waals surface area contributed by atoms with Crippen molar-refractivity contribution in [2.75, 3.05) is 37.7 Å². The maximum atomic E-state index is 16.8. The summed E-state index contributed by atoms with van der Waals surface area (Å²) in [5.74, 6) is -0.881. The minimum Gasteiger partial charge on any atom is -0.508 e. The molecule has 5 aliphatic heterocycles. The number of hydrogen-bond donors (Lipinski definition) is 2. The molecule has 9 rings (SSSR count). The first-order valence-corrected chi connectivity index (χ1v) is 15.4. The second kappa shape index (κ2) is 9.55. The molecule has 2 N–H and O–H groups in total. The summed E-state index contributed by atoms with van der Waals surface area (Å²) in [7, 11) is 0. The number of hydrogen-bond acceptors (Lipinski definition) is 9. The molecule has 4 aromatic rings. The highest BCUT2D eigenvalue weighted by molar-refractivity contribution is 6.02. The fraction of sp³-hybridized carbons (Fsp3) is 0.469. The van der Waals surface area contributed by atoms with Gasteiger partial charge in [0.15, 0.2) is 5.82 Å². The highest BCUT2D eigenvalue weighted by Gasteiger charge is 2.50. The molecule has 4 fully saturated rings. The fourth-order valence-electron chi connectivity index (χ4n) is 8.36. The van der Waals surface area contributed by atoms with E-state index in [0.717, 1.165) is 32.2 Å². The number of aromatic nitrogens is 3. The van der Waals surface area contributed by atoms with Crippen LogP contribution in [0.15, 0.2) is 30.3 Å². The van der Waals surface area contributed by atoms with Crippen molar-refractivity contribution >= 4 is 27.5 Å². The summed E-state index contributed by atoms with van der Waals surface area (Å²) in [6.45, 7) is 2.34. The van der Waals surface area contributed by atoms with Gasteiger partial charge in [0.05, 0.1) is 11.6 Å². The molecule has 2 aromatic heterocycles.